The molecule has 0 aliphatic heterocycles. The Morgan fingerprint density at radius 1 is 1.17 bits per heavy atom. The summed E-state index contributed by atoms with van der Waals surface area (Å²) in [6.07, 6.45) is 9.11. The van der Waals surface area contributed by atoms with Crippen LogP contribution in [0.4, 0.5) is 11.6 Å². The van der Waals surface area contributed by atoms with E-state index < -0.39 is 0 Å². The summed E-state index contributed by atoms with van der Waals surface area (Å²) in [5.74, 6) is 1.75. The molecule has 0 radical (unpaired) electrons. The molecule has 2 N–H and O–H groups in total. The van der Waals surface area contributed by atoms with Gasteiger partial charge in [0.15, 0.2) is 11.5 Å². The Hall–Kier alpha value is -1.78. The highest BCUT2D eigenvalue weighted by Gasteiger charge is 2.06. The van der Waals surface area contributed by atoms with Crippen LogP contribution in [0.5, 0.6) is 0 Å². The van der Waals surface area contributed by atoms with Crippen molar-refractivity contribution in [1.82, 2.24) is 14.4 Å². The van der Waals surface area contributed by atoms with Crippen LogP contribution >= 0.6 is 0 Å². The fourth-order valence-electron chi connectivity index (χ4n) is 1.77. The number of unbranched alkanes of at least 4 members (excludes halogenated alkanes) is 1. The van der Waals surface area contributed by atoms with Crippen LogP contribution in [0.1, 0.15) is 33.1 Å². The van der Waals surface area contributed by atoms with Gasteiger partial charge in [-0.05, 0) is 12.8 Å². The third-order valence-corrected chi connectivity index (χ3v) is 2.75. The third kappa shape index (κ3) is 2.91. The van der Waals surface area contributed by atoms with Crippen LogP contribution in [-0.4, -0.2) is 27.5 Å². The van der Waals surface area contributed by atoms with E-state index in [1.165, 1.54) is 6.42 Å². The molecule has 0 aliphatic carbocycles. The molecule has 5 nitrogen and oxygen atoms in total. The molecule has 0 aliphatic rings. The molecule has 5 heteroatoms. The minimum atomic E-state index is 0.856. The van der Waals surface area contributed by atoms with Crippen LogP contribution in [0.25, 0.3) is 5.65 Å². The molecule has 0 fully saturated rings. The summed E-state index contributed by atoms with van der Waals surface area (Å²) < 4.78 is 2.00. The van der Waals surface area contributed by atoms with E-state index in [4.69, 9.17) is 0 Å². The molecule has 0 amide bonds. The molecule has 2 rings (SSSR count). The van der Waals surface area contributed by atoms with Crippen molar-refractivity contribution < 1.29 is 0 Å². The van der Waals surface area contributed by atoms with Crippen molar-refractivity contribution in [3.8, 4) is 0 Å². The maximum absolute atomic E-state index is 4.58. The molecule has 2 aromatic heterocycles. The fourth-order valence-corrected chi connectivity index (χ4v) is 1.77. The zero-order valence-corrected chi connectivity index (χ0v) is 11.1. The van der Waals surface area contributed by atoms with Gasteiger partial charge in [0.2, 0.25) is 0 Å². The van der Waals surface area contributed by atoms with Gasteiger partial charge in [-0.25, -0.2) is 9.97 Å². The molecule has 0 aromatic carbocycles. The quantitative estimate of drug-likeness (QED) is 0.739. The molecule has 2 aromatic rings. The van der Waals surface area contributed by atoms with Crippen molar-refractivity contribution in [2.75, 3.05) is 23.7 Å². The second kappa shape index (κ2) is 6.23. The van der Waals surface area contributed by atoms with Gasteiger partial charge in [-0.15, -0.1) is 0 Å². The lowest BCUT2D eigenvalue weighted by Gasteiger charge is -2.10. The highest BCUT2D eigenvalue weighted by molar-refractivity contribution is 5.65. The van der Waals surface area contributed by atoms with Gasteiger partial charge in [0.05, 0.1) is 6.20 Å². The summed E-state index contributed by atoms with van der Waals surface area (Å²) in [5, 5.41) is 6.66. The molecule has 18 heavy (non-hydrogen) atoms. The Morgan fingerprint density at radius 2 is 2.06 bits per heavy atom. The van der Waals surface area contributed by atoms with Crippen molar-refractivity contribution in [1.29, 1.82) is 0 Å². The first kappa shape index (κ1) is 12.7. The Bertz CT molecular complexity index is 491. The topological polar surface area (TPSA) is 54.2 Å². The van der Waals surface area contributed by atoms with Gasteiger partial charge < -0.3 is 15.0 Å². The van der Waals surface area contributed by atoms with Gasteiger partial charge in [0.1, 0.15) is 5.82 Å². The largest absolute Gasteiger partial charge is 0.369 e. The van der Waals surface area contributed by atoms with E-state index in [2.05, 4.69) is 34.4 Å². The standard InChI is InChI=1S/C13H21N5/c1-3-5-7-15-12-13-16-8-9-18(13)10-11(17-12)14-6-4-2/h8-10,14H,3-7H2,1-2H3,(H,15,17). The van der Waals surface area contributed by atoms with Crippen molar-refractivity contribution in [2.24, 2.45) is 0 Å². The molecule has 0 unspecified atom stereocenters. The number of nitrogens with zero attached hydrogens (tertiary/aromatic N) is 3. The van der Waals surface area contributed by atoms with Gasteiger partial charge in [0, 0.05) is 25.5 Å². The molecule has 98 valence electrons. The van der Waals surface area contributed by atoms with Crippen LogP contribution in [0.3, 0.4) is 0 Å². The lowest BCUT2D eigenvalue weighted by atomic mass is 10.3. The smallest absolute Gasteiger partial charge is 0.180 e. The summed E-state index contributed by atoms with van der Waals surface area (Å²) in [5.41, 5.74) is 0.883. The molecule has 0 bridgehead atoms. The van der Waals surface area contributed by atoms with Crippen LogP contribution < -0.4 is 10.6 Å². The molecular weight excluding hydrogens is 226 g/mol. The van der Waals surface area contributed by atoms with E-state index in [0.29, 0.717) is 0 Å². The molecular formula is C13H21N5. The SMILES string of the molecule is CCCCNc1nc(NCCC)cn2ccnc12. The van der Waals surface area contributed by atoms with Crippen molar-refractivity contribution in [2.45, 2.75) is 33.1 Å². The van der Waals surface area contributed by atoms with E-state index in [0.717, 1.165) is 43.2 Å². The summed E-state index contributed by atoms with van der Waals surface area (Å²) >= 11 is 0. The van der Waals surface area contributed by atoms with Crippen LogP contribution in [0.15, 0.2) is 18.6 Å². The summed E-state index contributed by atoms with van der Waals surface area (Å²) in [7, 11) is 0. The number of nitrogens with one attached hydrogen (secondary N) is 2. The van der Waals surface area contributed by atoms with E-state index in [9.17, 15) is 0 Å². The zero-order valence-electron chi connectivity index (χ0n) is 11.1. The Balaban J connectivity index is 2.21. The van der Waals surface area contributed by atoms with Gasteiger partial charge >= 0.3 is 0 Å². The highest BCUT2D eigenvalue weighted by atomic mass is 15.1. The Labute approximate surface area is 108 Å². The van der Waals surface area contributed by atoms with Crippen LogP contribution in [-0.2, 0) is 0 Å². The number of anilines is 2. The summed E-state index contributed by atoms with van der Waals surface area (Å²) in [6, 6.07) is 0. The Kier molecular flexibility index (Phi) is 4.39. The Morgan fingerprint density at radius 3 is 2.83 bits per heavy atom. The number of hydrogen-bond donors (Lipinski definition) is 2. The minimum absolute atomic E-state index is 0.856. The first-order valence-corrected chi connectivity index (χ1v) is 6.66. The maximum atomic E-state index is 4.58. The predicted octanol–water partition coefficient (Wildman–Crippen LogP) is 2.76. The van der Waals surface area contributed by atoms with Crippen LogP contribution in [0.2, 0.25) is 0 Å². The summed E-state index contributed by atoms with van der Waals surface area (Å²) in [4.78, 5) is 8.91. The number of fused-ring (bicyclic) bond motifs is 1. The minimum Gasteiger partial charge on any atom is -0.369 e. The number of imidazole rings is 1. The number of aromatic nitrogens is 3. The molecule has 0 spiro atoms. The average molecular weight is 247 g/mol. The highest BCUT2D eigenvalue weighted by Crippen LogP contribution is 2.16. The van der Waals surface area contributed by atoms with E-state index >= 15 is 0 Å². The van der Waals surface area contributed by atoms with Gasteiger partial charge in [-0.2, -0.15) is 0 Å². The van der Waals surface area contributed by atoms with E-state index in [-0.39, 0.29) is 0 Å². The monoisotopic (exact) mass is 247 g/mol. The van der Waals surface area contributed by atoms with Crippen LogP contribution in [0, 0.1) is 0 Å². The van der Waals surface area contributed by atoms with Crippen molar-refractivity contribution in [3.63, 3.8) is 0 Å². The third-order valence-electron chi connectivity index (χ3n) is 2.75. The number of hydrogen-bond acceptors (Lipinski definition) is 4. The summed E-state index contributed by atoms with van der Waals surface area (Å²) in [6.45, 7) is 6.19. The second-order valence-electron chi connectivity index (χ2n) is 4.34. The predicted molar refractivity (Wildman–Crippen MR) is 75.2 cm³/mol. The zero-order chi connectivity index (χ0) is 12.8. The van der Waals surface area contributed by atoms with E-state index in [1.807, 2.05) is 16.8 Å². The van der Waals surface area contributed by atoms with E-state index in [1.54, 1.807) is 6.20 Å². The molecule has 0 atom stereocenters. The maximum Gasteiger partial charge on any atom is 0.180 e. The van der Waals surface area contributed by atoms with Crippen molar-refractivity contribution in [3.05, 3.63) is 18.6 Å². The van der Waals surface area contributed by atoms with Gasteiger partial charge in [0.25, 0.3) is 0 Å². The number of rotatable bonds is 7. The normalized spacial score (nSPS) is 10.8. The first-order valence-electron chi connectivity index (χ1n) is 6.66. The second-order valence-corrected chi connectivity index (χ2v) is 4.34. The molecule has 2 heterocycles. The lowest BCUT2D eigenvalue weighted by Crippen LogP contribution is -2.09. The van der Waals surface area contributed by atoms with Crippen molar-refractivity contribution >= 4 is 17.3 Å². The molecule has 0 saturated heterocycles. The first-order chi connectivity index (χ1) is 8.85. The molecule has 0 saturated carbocycles. The lowest BCUT2D eigenvalue weighted by molar-refractivity contribution is 0.830. The average Bonchev–Trinajstić information content (AvgIpc) is 2.85. The van der Waals surface area contributed by atoms with Gasteiger partial charge in [-0.1, -0.05) is 20.3 Å². The van der Waals surface area contributed by atoms with Gasteiger partial charge in [-0.3, -0.25) is 0 Å². The fraction of sp³-hybridized carbons (Fsp3) is 0.538.